The van der Waals surface area contributed by atoms with Crippen LogP contribution in [0.3, 0.4) is 0 Å². The highest BCUT2D eigenvalue weighted by Gasteiger charge is 2.25. The molecule has 1 amide bonds. The van der Waals surface area contributed by atoms with Gasteiger partial charge in [0, 0.05) is 46.6 Å². The smallest absolute Gasteiger partial charge is 0.251 e. The molecule has 0 saturated heterocycles. The van der Waals surface area contributed by atoms with Crippen molar-refractivity contribution in [2.24, 2.45) is 5.73 Å². The Morgan fingerprint density at radius 3 is 2.86 bits per heavy atom. The van der Waals surface area contributed by atoms with E-state index in [2.05, 4.69) is 10.3 Å². The quantitative estimate of drug-likeness (QED) is 0.393. The molecule has 0 radical (unpaired) electrons. The van der Waals surface area contributed by atoms with Crippen molar-refractivity contribution in [2.75, 3.05) is 13.2 Å². The number of carbonyl (C=O) groups excluding carboxylic acids is 1. The predicted octanol–water partition coefficient (Wildman–Crippen LogP) is 3.26. The van der Waals surface area contributed by atoms with Crippen molar-refractivity contribution in [1.82, 2.24) is 10.3 Å². The first-order valence-corrected chi connectivity index (χ1v) is 9.25. The summed E-state index contributed by atoms with van der Waals surface area (Å²) < 4.78 is 5.73. The first-order chi connectivity index (χ1) is 13.6. The van der Waals surface area contributed by atoms with Gasteiger partial charge >= 0.3 is 0 Å². The van der Waals surface area contributed by atoms with Gasteiger partial charge < -0.3 is 20.8 Å². The fraction of sp³-hybridized carbons (Fsp3) is 0.182. The van der Waals surface area contributed by atoms with Crippen LogP contribution in [-0.2, 0) is 0 Å². The molecule has 3 aromatic rings. The van der Waals surface area contributed by atoms with E-state index < -0.39 is 0 Å². The van der Waals surface area contributed by atoms with E-state index in [-0.39, 0.29) is 17.7 Å². The maximum Gasteiger partial charge on any atom is 0.251 e. The SMILES string of the molecule is N=C(N)c1ccc2c(c1)C(CCNC(=O)c1ccccc1-c1ccc[nH]1)CO2. The summed E-state index contributed by atoms with van der Waals surface area (Å²) >= 11 is 0. The Balaban J connectivity index is 1.42. The monoisotopic (exact) mass is 374 g/mol. The number of aromatic nitrogens is 1. The van der Waals surface area contributed by atoms with Crippen LogP contribution in [0.4, 0.5) is 0 Å². The number of rotatable bonds is 6. The van der Waals surface area contributed by atoms with Gasteiger partial charge in [-0.05, 0) is 42.8 Å². The minimum atomic E-state index is -0.0955. The second-order valence-corrected chi connectivity index (χ2v) is 6.85. The molecule has 0 aliphatic carbocycles. The third-order valence-electron chi connectivity index (χ3n) is 5.04. The Bertz CT molecular complexity index is 1010. The second kappa shape index (κ2) is 7.60. The number of carbonyl (C=O) groups is 1. The van der Waals surface area contributed by atoms with Gasteiger partial charge in [0.2, 0.25) is 0 Å². The highest BCUT2D eigenvalue weighted by molar-refractivity contribution is 6.00. The number of hydrogen-bond acceptors (Lipinski definition) is 3. The third-order valence-corrected chi connectivity index (χ3v) is 5.04. The summed E-state index contributed by atoms with van der Waals surface area (Å²) in [5.41, 5.74) is 9.78. The average molecular weight is 374 g/mol. The van der Waals surface area contributed by atoms with Crippen LogP contribution >= 0.6 is 0 Å². The Hall–Kier alpha value is -3.54. The Labute approximate surface area is 163 Å². The fourth-order valence-corrected chi connectivity index (χ4v) is 3.55. The molecule has 2 aromatic carbocycles. The van der Waals surface area contributed by atoms with Gasteiger partial charge in [0.1, 0.15) is 11.6 Å². The van der Waals surface area contributed by atoms with E-state index >= 15 is 0 Å². The lowest BCUT2D eigenvalue weighted by atomic mass is 9.96. The van der Waals surface area contributed by atoms with Crippen LogP contribution in [0, 0.1) is 5.41 Å². The average Bonchev–Trinajstić information content (AvgIpc) is 3.38. The number of benzene rings is 2. The summed E-state index contributed by atoms with van der Waals surface area (Å²) in [5.74, 6) is 0.955. The number of hydrogen-bond donors (Lipinski definition) is 4. The molecule has 0 spiro atoms. The van der Waals surface area contributed by atoms with Crippen molar-refractivity contribution in [2.45, 2.75) is 12.3 Å². The van der Waals surface area contributed by atoms with Crippen molar-refractivity contribution < 1.29 is 9.53 Å². The minimum absolute atomic E-state index is 0.0441. The van der Waals surface area contributed by atoms with E-state index in [1.165, 1.54) is 0 Å². The summed E-state index contributed by atoms with van der Waals surface area (Å²) in [6, 6.07) is 17.0. The number of H-pyrrole nitrogens is 1. The van der Waals surface area contributed by atoms with Crippen molar-refractivity contribution in [3.05, 3.63) is 77.5 Å². The summed E-state index contributed by atoms with van der Waals surface area (Å²) in [6.45, 7) is 1.11. The number of nitrogens with one attached hydrogen (secondary N) is 3. The van der Waals surface area contributed by atoms with Gasteiger partial charge in [-0.1, -0.05) is 18.2 Å². The molecule has 142 valence electrons. The molecule has 28 heavy (non-hydrogen) atoms. The molecule has 0 fully saturated rings. The minimum Gasteiger partial charge on any atom is -0.493 e. The van der Waals surface area contributed by atoms with Crippen LogP contribution < -0.4 is 15.8 Å². The van der Waals surface area contributed by atoms with E-state index in [0.29, 0.717) is 24.3 Å². The lowest BCUT2D eigenvalue weighted by molar-refractivity contribution is 0.0952. The zero-order valence-corrected chi connectivity index (χ0v) is 15.4. The molecule has 6 nitrogen and oxygen atoms in total. The number of fused-ring (bicyclic) bond motifs is 1. The van der Waals surface area contributed by atoms with E-state index in [1.807, 2.05) is 54.7 Å². The Kier molecular flexibility index (Phi) is 4.85. The number of nitrogen functional groups attached to an aromatic ring is 1. The lowest BCUT2D eigenvalue weighted by Gasteiger charge is -2.12. The van der Waals surface area contributed by atoms with Crippen LogP contribution in [0.5, 0.6) is 5.75 Å². The molecular formula is C22H22N4O2. The van der Waals surface area contributed by atoms with Gasteiger partial charge in [-0.15, -0.1) is 0 Å². The molecule has 0 saturated carbocycles. The summed E-state index contributed by atoms with van der Waals surface area (Å²) in [5, 5.41) is 10.6. The number of ether oxygens (including phenoxy) is 1. The standard InChI is InChI=1S/C22H22N4O2/c23-21(24)14-7-8-20-18(12-14)15(13-28-20)9-11-26-22(27)17-5-2-1-4-16(17)19-6-3-10-25-19/h1-8,10,12,15,25H,9,11,13H2,(H3,23,24)(H,26,27). The highest BCUT2D eigenvalue weighted by Crippen LogP contribution is 2.36. The molecular weight excluding hydrogens is 352 g/mol. The van der Waals surface area contributed by atoms with Gasteiger partial charge in [0.05, 0.1) is 6.61 Å². The summed E-state index contributed by atoms with van der Waals surface area (Å²) in [6.07, 6.45) is 2.60. The van der Waals surface area contributed by atoms with Crippen LogP contribution in [0.25, 0.3) is 11.3 Å². The molecule has 0 bridgehead atoms. The third kappa shape index (κ3) is 3.49. The molecule has 6 heteroatoms. The summed E-state index contributed by atoms with van der Waals surface area (Å²) in [4.78, 5) is 15.9. The zero-order chi connectivity index (χ0) is 19.5. The van der Waals surface area contributed by atoms with Gasteiger partial charge in [-0.3, -0.25) is 10.2 Å². The van der Waals surface area contributed by atoms with Crippen LogP contribution in [0.1, 0.15) is 33.8 Å². The zero-order valence-electron chi connectivity index (χ0n) is 15.4. The first kappa shape index (κ1) is 17.9. The topological polar surface area (TPSA) is 104 Å². The molecule has 1 aliphatic rings. The van der Waals surface area contributed by atoms with Gasteiger partial charge in [-0.2, -0.15) is 0 Å². The number of aromatic amines is 1. The second-order valence-electron chi connectivity index (χ2n) is 6.85. The lowest BCUT2D eigenvalue weighted by Crippen LogP contribution is -2.26. The van der Waals surface area contributed by atoms with Crippen LogP contribution in [-0.4, -0.2) is 29.9 Å². The van der Waals surface area contributed by atoms with Crippen LogP contribution in [0.2, 0.25) is 0 Å². The van der Waals surface area contributed by atoms with Gasteiger partial charge in [0.25, 0.3) is 5.91 Å². The van der Waals surface area contributed by atoms with Crippen molar-refractivity contribution in [3.8, 4) is 17.0 Å². The Morgan fingerprint density at radius 2 is 2.07 bits per heavy atom. The Morgan fingerprint density at radius 1 is 1.21 bits per heavy atom. The molecule has 1 unspecified atom stereocenters. The molecule has 1 atom stereocenters. The first-order valence-electron chi connectivity index (χ1n) is 9.25. The van der Waals surface area contributed by atoms with E-state index in [1.54, 1.807) is 6.07 Å². The molecule has 2 heterocycles. The molecule has 1 aromatic heterocycles. The molecule has 5 N–H and O–H groups in total. The van der Waals surface area contributed by atoms with E-state index in [0.717, 1.165) is 29.0 Å². The van der Waals surface area contributed by atoms with Crippen LogP contribution in [0.15, 0.2) is 60.8 Å². The molecule has 1 aliphatic heterocycles. The van der Waals surface area contributed by atoms with E-state index in [4.69, 9.17) is 15.9 Å². The van der Waals surface area contributed by atoms with Gasteiger partial charge in [-0.25, -0.2) is 0 Å². The number of nitrogens with two attached hydrogens (primary N) is 1. The fourth-order valence-electron chi connectivity index (χ4n) is 3.55. The van der Waals surface area contributed by atoms with Crippen molar-refractivity contribution in [3.63, 3.8) is 0 Å². The predicted molar refractivity (Wildman–Crippen MR) is 109 cm³/mol. The summed E-state index contributed by atoms with van der Waals surface area (Å²) in [7, 11) is 0. The highest BCUT2D eigenvalue weighted by atomic mass is 16.5. The molecule has 4 rings (SSSR count). The largest absolute Gasteiger partial charge is 0.493 e. The number of amides is 1. The number of amidine groups is 1. The maximum atomic E-state index is 12.7. The van der Waals surface area contributed by atoms with E-state index in [9.17, 15) is 4.79 Å². The van der Waals surface area contributed by atoms with Crippen molar-refractivity contribution >= 4 is 11.7 Å². The van der Waals surface area contributed by atoms with Crippen molar-refractivity contribution in [1.29, 1.82) is 5.41 Å². The van der Waals surface area contributed by atoms with Gasteiger partial charge in [0.15, 0.2) is 0 Å². The normalized spacial score (nSPS) is 14.9. The maximum absolute atomic E-state index is 12.7.